The van der Waals surface area contributed by atoms with Gasteiger partial charge in [-0.25, -0.2) is 4.68 Å². The maximum atomic E-state index is 10.3. The molecule has 0 spiro atoms. The Morgan fingerprint density at radius 2 is 1.83 bits per heavy atom. The first-order chi connectivity index (χ1) is 14.4. The van der Waals surface area contributed by atoms with Gasteiger partial charge >= 0.3 is 0 Å². The van der Waals surface area contributed by atoms with E-state index in [4.69, 9.17) is 9.84 Å². The number of nitrogens with zero attached hydrogens (tertiary/aromatic N) is 3. The Bertz CT molecular complexity index is 950. The highest BCUT2D eigenvalue weighted by atomic mass is 16.5. The molecule has 0 radical (unpaired) electrons. The van der Waals surface area contributed by atoms with Gasteiger partial charge in [0, 0.05) is 31.7 Å². The molecule has 0 saturated carbocycles. The molecule has 2 aromatic carbocycles. The van der Waals surface area contributed by atoms with E-state index in [1.54, 1.807) is 0 Å². The fourth-order valence-electron chi connectivity index (χ4n) is 3.50. The van der Waals surface area contributed by atoms with Crippen LogP contribution in [0.2, 0.25) is 0 Å². The highest BCUT2D eigenvalue weighted by molar-refractivity contribution is 5.65. The van der Waals surface area contributed by atoms with Gasteiger partial charge in [-0.2, -0.15) is 5.10 Å². The molecular weight excluding hydrogens is 374 g/mol. The number of hydrogen-bond acceptors (Lipinski definition) is 4. The zero-order valence-corrected chi connectivity index (χ0v) is 18.7. The number of rotatable bonds is 9. The van der Waals surface area contributed by atoms with E-state index in [-0.39, 0.29) is 12.1 Å². The van der Waals surface area contributed by atoms with E-state index in [0.717, 1.165) is 40.4 Å². The molecule has 30 heavy (non-hydrogen) atoms. The fraction of sp³-hybridized carbons (Fsp3) is 0.400. The summed E-state index contributed by atoms with van der Waals surface area (Å²) in [6.07, 6.45) is 0.374. The van der Waals surface area contributed by atoms with E-state index in [0.29, 0.717) is 13.1 Å². The summed E-state index contributed by atoms with van der Waals surface area (Å²) < 4.78 is 8.16. The molecule has 0 aliphatic carbocycles. The lowest BCUT2D eigenvalue weighted by Gasteiger charge is -2.28. The zero-order valence-electron chi connectivity index (χ0n) is 18.7. The van der Waals surface area contributed by atoms with Crippen molar-refractivity contribution in [3.8, 4) is 22.9 Å². The predicted octanol–water partition coefficient (Wildman–Crippen LogP) is 5.17. The molecular formula is C25H33N3O2. The van der Waals surface area contributed by atoms with Gasteiger partial charge in [0.2, 0.25) is 5.88 Å². The van der Waals surface area contributed by atoms with Crippen LogP contribution in [0.25, 0.3) is 11.3 Å². The Hall–Kier alpha value is -2.63. The molecule has 1 aromatic heterocycles. The predicted molar refractivity (Wildman–Crippen MR) is 122 cm³/mol. The molecule has 3 aromatic rings. The smallest absolute Gasteiger partial charge is 0.222 e. The van der Waals surface area contributed by atoms with Crippen LogP contribution >= 0.6 is 0 Å². The Kier molecular flexibility index (Phi) is 7.29. The van der Waals surface area contributed by atoms with Gasteiger partial charge in [-0.3, -0.25) is 4.90 Å². The molecule has 3 rings (SSSR count). The topological polar surface area (TPSA) is 50.5 Å². The summed E-state index contributed by atoms with van der Waals surface area (Å²) in [4.78, 5) is 2.28. The lowest BCUT2D eigenvalue weighted by molar-refractivity contribution is 0.0878. The minimum atomic E-state index is -0.356. The zero-order chi connectivity index (χ0) is 21.7. The van der Waals surface area contributed by atoms with Gasteiger partial charge < -0.3 is 9.84 Å². The third-order valence-electron chi connectivity index (χ3n) is 5.35. The standard InChI is InChI=1S/C25H33N3O2/c1-6-21(29)16-28(18(2)3)17-23-24(20-12-8-7-9-13-20)26-27(5)25(23)30-22-14-10-11-19(4)15-22/h7-15,18,21,29H,6,16-17H2,1-5H3. The second kappa shape index (κ2) is 9.92. The molecule has 0 aliphatic rings. The SMILES string of the molecule is CCC(O)CN(Cc1c(-c2ccccc2)nn(C)c1Oc1cccc(C)c1)C(C)C. The largest absolute Gasteiger partial charge is 0.439 e. The molecule has 0 aliphatic heterocycles. The van der Waals surface area contributed by atoms with Crippen molar-refractivity contribution in [1.29, 1.82) is 0 Å². The normalized spacial score (nSPS) is 12.5. The molecule has 160 valence electrons. The Balaban J connectivity index is 2.04. The highest BCUT2D eigenvalue weighted by Gasteiger charge is 2.24. The van der Waals surface area contributed by atoms with Gasteiger partial charge in [0.25, 0.3) is 0 Å². The molecule has 0 saturated heterocycles. The number of aliphatic hydroxyl groups is 1. The van der Waals surface area contributed by atoms with Crippen LogP contribution in [0.4, 0.5) is 0 Å². The molecule has 1 unspecified atom stereocenters. The van der Waals surface area contributed by atoms with Crippen LogP contribution in [0.3, 0.4) is 0 Å². The summed E-state index contributed by atoms with van der Waals surface area (Å²) in [5, 5.41) is 15.1. The minimum absolute atomic E-state index is 0.279. The number of benzene rings is 2. The van der Waals surface area contributed by atoms with E-state index in [9.17, 15) is 5.11 Å². The summed E-state index contributed by atoms with van der Waals surface area (Å²) >= 11 is 0. The molecule has 1 N–H and O–H groups in total. The molecule has 1 atom stereocenters. The number of aliphatic hydroxyl groups excluding tert-OH is 1. The van der Waals surface area contributed by atoms with Crippen molar-refractivity contribution in [2.24, 2.45) is 7.05 Å². The van der Waals surface area contributed by atoms with Crippen LogP contribution in [0.1, 0.15) is 38.3 Å². The first-order valence-electron chi connectivity index (χ1n) is 10.7. The van der Waals surface area contributed by atoms with E-state index in [1.807, 2.05) is 55.1 Å². The van der Waals surface area contributed by atoms with Crippen molar-refractivity contribution in [3.05, 3.63) is 65.7 Å². The van der Waals surface area contributed by atoms with Gasteiger partial charge in [-0.15, -0.1) is 0 Å². The lowest BCUT2D eigenvalue weighted by atomic mass is 10.1. The van der Waals surface area contributed by atoms with E-state index in [2.05, 4.69) is 43.9 Å². The lowest BCUT2D eigenvalue weighted by Crippen LogP contribution is -2.37. The van der Waals surface area contributed by atoms with Crippen LogP contribution < -0.4 is 4.74 Å². The van der Waals surface area contributed by atoms with Crippen LogP contribution in [0.5, 0.6) is 11.6 Å². The van der Waals surface area contributed by atoms with E-state index < -0.39 is 0 Å². The number of aromatic nitrogens is 2. The van der Waals surface area contributed by atoms with E-state index in [1.165, 1.54) is 0 Å². The van der Waals surface area contributed by atoms with Crippen molar-refractivity contribution in [2.75, 3.05) is 6.54 Å². The average Bonchev–Trinajstić information content (AvgIpc) is 3.03. The quantitative estimate of drug-likeness (QED) is 0.532. The van der Waals surface area contributed by atoms with Gasteiger partial charge in [0.1, 0.15) is 11.4 Å². The number of hydrogen-bond donors (Lipinski definition) is 1. The third-order valence-corrected chi connectivity index (χ3v) is 5.35. The second-order valence-electron chi connectivity index (χ2n) is 8.13. The maximum Gasteiger partial charge on any atom is 0.222 e. The fourth-order valence-corrected chi connectivity index (χ4v) is 3.50. The Morgan fingerprint density at radius 1 is 1.10 bits per heavy atom. The van der Waals surface area contributed by atoms with Crippen molar-refractivity contribution in [3.63, 3.8) is 0 Å². The van der Waals surface area contributed by atoms with Gasteiger partial charge in [0.15, 0.2) is 0 Å². The third kappa shape index (κ3) is 5.29. The summed E-state index contributed by atoms with van der Waals surface area (Å²) in [7, 11) is 1.92. The van der Waals surface area contributed by atoms with Crippen molar-refractivity contribution in [2.45, 2.75) is 52.8 Å². The molecule has 5 heteroatoms. The van der Waals surface area contributed by atoms with Gasteiger partial charge in [-0.1, -0.05) is 49.4 Å². The van der Waals surface area contributed by atoms with Crippen LogP contribution in [0.15, 0.2) is 54.6 Å². The number of aryl methyl sites for hydroxylation is 2. The summed E-state index contributed by atoms with van der Waals surface area (Å²) in [5.74, 6) is 1.53. The molecule has 0 fully saturated rings. The van der Waals surface area contributed by atoms with Crippen LogP contribution in [-0.2, 0) is 13.6 Å². The Morgan fingerprint density at radius 3 is 2.47 bits per heavy atom. The summed E-state index contributed by atoms with van der Waals surface area (Å²) in [6, 6.07) is 18.5. The van der Waals surface area contributed by atoms with Crippen LogP contribution in [0, 0.1) is 6.92 Å². The molecule has 5 nitrogen and oxygen atoms in total. The van der Waals surface area contributed by atoms with Gasteiger partial charge in [0.05, 0.1) is 11.7 Å². The minimum Gasteiger partial charge on any atom is -0.439 e. The highest BCUT2D eigenvalue weighted by Crippen LogP contribution is 2.34. The number of ether oxygens (including phenoxy) is 1. The van der Waals surface area contributed by atoms with Crippen molar-refractivity contribution in [1.82, 2.24) is 14.7 Å². The second-order valence-corrected chi connectivity index (χ2v) is 8.13. The van der Waals surface area contributed by atoms with Crippen LogP contribution in [-0.4, -0.2) is 38.5 Å². The molecule has 1 heterocycles. The van der Waals surface area contributed by atoms with Gasteiger partial charge in [-0.05, 0) is 44.9 Å². The monoisotopic (exact) mass is 407 g/mol. The molecule has 0 amide bonds. The summed E-state index contributed by atoms with van der Waals surface area (Å²) in [5.41, 5.74) is 4.15. The van der Waals surface area contributed by atoms with E-state index >= 15 is 0 Å². The first kappa shape index (κ1) is 22.1. The first-order valence-corrected chi connectivity index (χ1v) is 10.7. The molecule has 0 bridgehead atoms. The Labute approximate surface area is 179 Å². The average molecular weight is 408 g/mol. The van der Waals surface area contributed by atoms with Crippen molar-refractivity contribution < 1.29 is 9.84 Å². The van der Waals surface area contributed by atoms with Crippen molar-refractivity contribution >= 4 is 0 Å². The summed E-state index contributed by atoms with van der Waals surface area (Å²) in [6.45, 7) is 9.63. The maximum absolute atomic E-state index is 10.3.